The van der Waals surface area contributed by atoms with E-state index in [1.54, 1.807) is 0 Å². The SMILES string of the molecule is Clc1cccc(Cl)c1NC1CCCNC1. The van der Waals surface area contributed by atoms with Gasteiger partial charge in [0.1, 0.15) is 0 Å². The van der Waals surface area contributed by atoms with Crippen LogP contribution in [-0.2, 0) is 0 Å². The lowest BCUT2D eigenvalue weighted by molar-refractivity contribution is 0.480. The first-order valence-corrected chi connectivity index (χ1v) is 5.94. The predicted molar refractivity (Wildman–Crippen MR) is 66.0 cm³/mol. The van der Waals surface area contributed by atoms with Gasteiger partial charge < -0.3 is 10.6 Å². The highest BCUT2D eigenvalue weighted by Gasteiger charge is 2.15. The molecule has 15 heavy (non-hydrogen) atoms. The van der Waals surface area contributed by atoms with Gasteiger partial charge in [0, 0.05) is 12.6 Å². The van der Waals surface area contributed by atoms with Gasteiger partial charge in [-0.25, -0.2) is 0 Å². The van der Waals surface area contributed by atoms with E-state index in [0.717, 1.165) is 25.2 Å². The molecule has 1 heterocycles. The quantitative estimate of drug-likeness (QED) is 0.836. The van der Waals surface area contributed by atoms with Gasteiger partial charge in [0.05, 0.1) is 15.7 Å². The van der Waals surface area contributed by atoms with Gasteiger partial charge in [0.25, 0.3) is 0 Å². The smallest absolute Gasteiger partial charge is 0.0721 e. The second-order valence-corrected chi connectivity index (χ2v) is 4.60. The highest BCUT2D eigenvalue weighted by molar-refractivity contribution is 6.39. The first-order valence-electron chi connectivity index (χ1n) is 5.18. The summed E-state index contributed by atoms with van der Waals surface area (Å²) in [6, 6.07) is 5.99. The van der Waals surface area contributed by atoms with Gasteiger partial charge >= 0.3 is 0 Å². The highest BCUT2D eigenvalue weighted by atomic mass is 35.5. The Morgan fingerprint density at radius 2 is 2.00 bits per heavy atom. The third-order valence-electron chi connectivity index (χ3n) is 2.61. The molecule has 2 rings (SSSR count). The summed E-state index contributed by atoms with van der Waals surface area (Å²) in [5.41, 5.74) is 0.856. The lowest BCUT2D eigenvalue weighted by Gasteiger charge is -2.25. The van der Waals surface area contributed by atoms with Crippen molar-refractivity contribution in [3.8, 4) is 0 Å². The summed E-state index contributed by atoms with van der Waals surface area (Å²) in [7, 11) is 0. The maximum atomic E-state index is 6.08. The Labute approximate surface area is 100.0 Å². The van der Waals surface area contributed by atoms with Crippen molar-refractivity contribution in [1.82, 2.24) is 5.32 Å². The average molecular weight is 245 g/mol. The molecule has 1 aliphatic rings. The lowest BCUT2D eigenvalue weighted by atomic mass is 10.1. The summed E-state index contributed by atoms with van der Waals surface area (Å²) in [5.74, 6) is 0. The summed E-state index contributed by atoms with van der Waals surface area (Å²) in [6.45, 7) is 2.08. The highest BCUT2D eigenvalue weighted by Crippen LogP contribution is 2.30. The monoisotopic (exact) mass is 244 g/mol. The zero-order valence-corrected chi connectivity index (χ0v) is 9.91. The van der Waals surface area contributed by atoms with Crippen LogP contribution >= 0.6 is 23.2 Å². The van der Waals surface area contributed by atoms with Crippen molar-refractivity contribution in [2.24, 2.45) is 0 Å². The number of rotatable bonds is 2. The summed E-state index contributed by atoms with van der Waals surface area (Å²) >= 11 is 12.2. The Bertz CT molecular complexity index is 315. The fraction of sp³-hybridized carbons (Fsp3) is 0.455. The molecule has 1 fully saturated rings. The van der Waals surface area contributed by atoms with E-state index in [2.05, 4.69) is 10.6 Å². The van der Waals surface area contributed by atoms with Crippen molar-refractivity contribution in [1.29, 1.82) is 0 Å². The molecule has 1 unspecified atom stereocenters. The van der Waals surface area contributed by atoms with Crippen molar-refractivity contribution in [3.05, 3.63) is 28.2 Å². The number of hydrogen-bond donors (Lipinski definition) is 2. The number of para-hydroxylation sites is 1. The molecule has 1 saturated heterocycles. The molecule has 0 saturated carbocycles. The molecule has 0 aliphatic carbocycles. The van der Waals surface area contributed by atoms with E-state index >= 15 is 0 Å². The maximum Gasteiger partial charge on any atom is 0.0721 e. The van der Waals surface area contributed by atoms with Crippen LogP contribution in [0.15, 0.2) is 18.2 Å². The number of hydrogen-bond acceptors (Lipinski definition) is 2. The Hall–Kier alpha value is -0.440. The first-order chi connectivity index (χ1) is 7.27. The van der Waals surface area contributed by atoms with Crippen molar-refractivity contribution >= 4 is 28.9 Å². The molecule has 1 atom stereocenters. The third kappa shape index (κ3) is 2.77. The minimum atomic E-state index is 0.427. The second-order valence-electron chi connectivity index (χ2n) is 3.78. The van der Waals surface area contributed by atoms with E-state index in [4.69, 9.17) is 23.2 Å². The molecule has 1 aromatic carbocycles. The molecule has 82 valence electrons. The minimum absolute atomic E-state index is 0.427. The van der Waals surface area contributed by atoms with Crippen LogP contribution in [0, 0.1) is 0 Å². The standard InChI is InChI=1S/C11H14Cl2N2/c12-9-4-1-5-10(13)11(9)15-8-3-2-6-14-7-8/h1,4-5,8,14-15H,2-3,6-7H2. The lowest BCUT2D eigenvalue weighted by Crippen LogP contribution is -2.38. The van der Waals surface area contributed by atoms with E-state index in [9.17, 15) is 0 Å². The van der Waals surface area contributed by atoms with E-state index < -0.39 is 0 Å². The van der Waals surface area contributed by atoms with Crippen LogP contribution in [0.5, 0.6) is 0 Å². The first kappa shape index (κ1) is 11.1. The van der Waals surface area contributed by atoms with Gasteiger partial charge in [-0.15, -0.1) is 0 Å². The molecular weight excluding hydrogens is 231 g/mol. The van der Waals surface area contributed by atoms with Crippen LogP contribution in [-0.4, -0.2) is 19.1 Å². The number of nitrogens with one attached hydrogen (secondary N) is 2. The number of piperidine rings is 1. The van der Waals surface area contributed by atoms with Gasteiger partial charge in [0.2, 0.25) is 0 Å². The van der Waals surface area contributed by atoms with Gasteiger partial charge in [-0.05, 0) is 31.5 Å². The molecule has 0 amide bonds. The number of anilines is 1. The van der Waals surface area contributed by atoms with Gasteiger partial charge in [-0.1, -0.05) is 29.3 Å². The third-order valence-corrected chi connectivity index (χ3v) is 3.24. The zero-order chi connectivity index (χ0) is 10.7. The Morgan fingerprint density at radius 1 is 1.27 bits per heavy atom. The summed E-state index contributed by atoms with van der Waals surface area (Å²) in [6.07, 6.45) is 2.36. The van der Waals surface area contributed by atoms with E-state index in [0.29, 0.717) is 16.1 Å². The largest absolute Gasteiger partial charge is 0.379 e. The number of halogens is 2. The minimum Gasteiger partial charge on any atom is -0.379 e. The van der Waals surface area contributed by atoms with Crippen molar-refractivity contribution in [2.75, 3.05) is 18.4 Å². The molecule has 0 bridgehead atoms. The Morgan fingerprint density at radius 3 is 2.60 bits per heavy atom. The Balaban J connectivity index is 2.09. The zero-order valence-electron chi connectivity index (χ0n) is 8.39. The van der Waals surface area contributed by atoms with Crippen molar-refractivity contribution in [3.63, 3.8) is 0 Å². The van der Waals surface area contributed by atoms with Gasteiger partial charge in [0.15, 0.2) is 0 Å². The molecule has 2 N–H and O–H groups in total. The summed E-state index contributed by atoms with van der Waals surface area (Å²) < 4.78 is 0. The van der Waals surface area contributed by atoms with Crippen LogP contribution in [0.1, 0.15) is 12.8 Å². The van der Waals surface area contributed by atoms with Crippen molar-refractivity contribution < 1.29 is 0 Å². The van der Waals surface area contributed by atoms with Gasteiger partial charge in [-0.3, -0.25) is 0 Å². The summed E-state index contributed by atoms with van der Waals surface area (Å²) in [4.78, 5) is 0. The molecule has 2 nitrogen and oxygen atoms in total. The van der Waals surface area contributed by atoms with Gasteiger partial charge in [-0.2, -0.15) is 0 Å². The molecule has 0 spiro atoms. The molecule has 0 radical (unpaired) electrons. The normalized spacial score (nSPS) is 21.3. The average Bonchev–Trinajstić information content (AvgIpc) is 2.25. The maximum absolute atomic E-state index is 6.08. The van der Waals surface area contributed by atoms with Crippen LogP contribution < -0.4 is 10.6 Å². The van der Waals surface area contributed by atoms with E-state index in [1.807, 2.05) is 18.2 Å². The fourth-order valence-corrected chi connectivity index (χ4v) is 2.32. The molecule has 0 aromatic heterocycles. The van der Waals surface area contributed by atoms with Crippen LogP contribution in [0.2, 0.25) is 10.0 Å². The van der Waals surface area contributed by atoms with Crippen LogP contribution in [0.4, 0.5) is 5.69 Å². The predicted octanol–water partition coefficient (Wildman–Crippen LogP) is 3.16. The number of benzene rings is 1. The molecule has 1 aliphatic heterocycles. The second kappa shape index (κ2) is 5.06. The van der Waals surface area contributed by atoms with Crippen LogP contribution in [0.3, 0.4) is 0 Å². The molecular formula is C11H14Cl2N2. The Kier molecular flexibility index (Phi) is 3.73. The summed E-state index contributed by atoms with van der Waals surface area (Å²) in [5, 5.41) is 8.11. The topological polar surface area (TPSA) is 24.1 Å². The fourth-order valence-electron chi connectivity index (χ4n) is 1.81. The molecule has 1 aromatic rings. The van der Waals surface area contributed by atoms with E-state index in [-0.39, 0.29) is 0 Å². The molecule has 4 heteroatoms. The van der Waals surface area contributed by atoms with E-state index in [1.165, 1.54) is 6.42 Å². The van der Waals surface area contributed by atoms with Crippen molar-refractivity contribution in [2.45, 2.75) is 18.9 Å². The van der Waals surface area contributed by atoms with Crippen LogP contribution in [0.25, 0.3) is 0 Å².